The normalized spacial score (nSPS) is 12.0. The minimum absolute atomic E-state index is 0. The first-order chi connectivity index (χ1) is 10.3. The Morgan fingerprint density at radius 1 is 0.870 bits per heavy atom. The van der Waals surface area contributed by atoms with E-state index in [-0.39, 0.29) is 36.2 Å². The van der Waals surface area contributed by atoms with Crippen LogP contribution in [-0.4, -0.2) is 40.4 Å². The van der Waals surface area contributed by atoms with Crippen LogP contribution in [0.25, 0.3) is 0 Å². The molecule has 0 rings (SSSR count). The van der Waals surface area contributed by atoms with Gasteiger partial charge in [-0.2, -0.15) is 14.8 Å². The van der Waals surface area contributed by atoms with Gasteiger partial charge in [-0.1, -0.05) is 71.1 Å². The van der Waals surface area contributed by atoms with Gasteiger partial charge in [0, 0.05) is 6.61 Å². The maximum Gasteiger partial charge on any atom is 1.00 e. The minimum atomic E-state index is -4.67. The van der Waals surface area contributed by atoms with Crippen LogP contribution in [0.3, 0.4) is 0 Å². The van der Waals surface area contributed by atoms with Crippen molar-refractivity contribution in [2.75, 3.05) is 6.61 Å². The Bertz CT molecular complexity index is 303. The molecule has 0 amide bonds. The van der Waals surface area contributed by atoms with Gasteiger partial charge in [0.25, 0.3) is 0 Å². The molecular formula is C15H33NaO6S. The Morgan fingerprint density at radius 3 is 1.57 bits per heavy atom. The minimum Gasteiger partial charge on any atom is -0.423 e. The van der Waals surface area contributed by atoms with E-state index < -0.39 is 16.5 Å². The Hall–Kier alpha value is 0.790. The van der Waals surface area contributed by atoms with Crippen molar-refractivity contribution in [2.45, 2.75) is 83.7 Å². The summed E-state index contributed by atoms with van der Waals surface area (Å²) in [6.07, 6.45) is 15.5. The fourth-order valence-corrected chi connectivity index (χ4v) is 2.02. The summed E-state index contributed by atoms with van der Waals surface area (Å²) in [6.45, 7) is 2.11. The third kappa shape index (κ3) is 39.5. The van der Waals surface area contributed by atoms with Crippen LogP contribution in [0.1, 0.15) is 77.6 Å². The van der Waals surface area contributed by atoms with Gasteiger partial charge in [-0.3, -0.25) is 15.5 Å². The van der Waals surface area contributed by atoms with Crippen LogP contribution < -0.4 is 29.6 Å². The molecule has 0 aromatic heterocycles. The van der Waals surface area contributed by atoms with Gasteiger partial charge in [-0.05, 0) is 6.10 Å². The van der Waals surface area contributed by atoms with E-state index in [0.29, 0.717) is 0 Å². The molecule has 136 valence electrons. The zero-order valence-electron chi connectivity index (χ0n) is 14.7. The summed E-state index contributed by atoms with van der Waals surface area (Å²) in [5.74, 6) is 0. The number of unbranched alkanes of at least 4 members (excludes halogenated alkanes) is 10. The molecule has 8 heteroatoms. The van der Waals surface area contributed by atoms with Crippen LogP contribution in [0.5, 0.6) is 0 Å². The van der Waals surface area contributed by atoms with Crippen LogP contribution in [-0.2, 0) is 10.4 Å². The fraction of sp³-hybridized carbons (Fsp3) is 0.933. The van der Waals surface area contributed by atoms with Crippen LogP contribution in [0.4, 0.5) is 0 Å². The summed E-state index contributed by atoms with van der Waals surface area (Å²) in [7, 11) is -4.67. The van der Waals surface area contributed by atoms with E-state index in [1.54, 1.807) is 0 Å². The molecule has 0 spiro atoms. The van der Waals surface area contributed by atoms with E-state index in [9.17, 15) is 0 Å². The molecule has 0 aromatic carbocycles. The third-order valence-corrected chi connectivity index (χ3v) is 3.18. The van der Waals surface area contributed by atoms with Crippen LogP contribution in [0, 0.1) is 6.42 Å². The predicted molar refractivity (Wildman–Crippen MR) is 88.0 cm³/mol. The Kier molecular flexibility index (Phi) is 25.9. The zero-order chi connectivity index (χ0) is 17.3. The molecule has 0 aliphatic carbocycles. The van der Waals surface area contributed by atoms with Crippen molar-refractivity contribution in [3.8, 4) is 0 Å². The van der Waals surface area contributed by atoms with Gasteiger partial charge in [0.1, 0.15) is 0 Å². The Balaban J connectivity index is -0.000000578. The standard InChI is InChI=1S/C15H31O2.Na.H2O4S/c1-2-3-4-5-6-7-8-9-10-11-12-13-15(17)14-16;;1-5(2,3)4/h13,15-17H,2-12,14H2,1H3;;(H2,1,2,3,4)/q-1;+1;. The average Bonchev–Trinajstić information content (AvgIpc) is 2.42. The van der Waals surface area contributed by atoms with E-state index in [1.807, 2.05) is 6.42 Å². The molecule has 0 fully saturated rings. The smallest absolute Gasteiger partial charge is 0.423 e. The summed E-state index contributed by atoms with van der Waals surface area (Å²) in [5, 5.41) is 17.7. The van der Waals surface area contributed by atoms with Crippen molar-refractivity contribution >= 4 is 10.4 Å². The van der Waals surface area contributed by atoms with Crippen molar-refractivity contribution in [3.63, 3.8) is 0 Å². The van der Waals surface area contributed by atoms with E-state index in [1.165, 1.54) is 57.8 Å². The van der Waals surface area contributed by atoms with Crippen LogP contribution >= 0.6 is 0 Å². The van der Waals surface area contributed by atoms with E-state index in [2.05, 4.69) is 6.92 Å². The molecule has 4 N–H and O–H groups in total. The van der Waals surface area contributed by atoms with Gasteiger partial charge in [0.2, 0.25) is 0 Å². The van der Waals surface area contributed by atoms with Gasteiger partial charge < -0.3 is 10.2 Å². The molecule has 1 atom stereocenters. The summed E-state index contributed by atoms with van der Waals surface area (Å²) in [5.41, 5.74) is 0. The first-order valence-corrected chi connectivity index (χ1v) is 9.53. The largest absolute Gasteiger partial charge is 1.00 e. The molecule has 0 radical (unpaired) electrons. The van der Waals surface area contributed by atoms with Crippen molar-refractivity contribution in [2.24, 2.45) is 0 Å². The van der Waals surface area contributed by atoms with Gasteiger partial charge in [-0.25, -0.2) is 0 Å². The molecule has 0 saturated carbocycles. The molecule has 0 bridgehead atoms. The fourth-order valence-electron chi connectivity index (χ4n) is 2.02. The van der Waals surface area contributed by atoms with Gasteiger partial charge in [-0.15, -0.1) is 0 Å². The van der Waals surface area contributed by atoms with E-state index in [0.717, 1.165) is 12.8 Å². The van der Waals surface area contributed by atoms with Crippen LogP contribution in [0.2, 0.25) is 0 Å². The third-order valence-electron chi connectivity index (χ3n) is 3.18. The molecule has 0 aromatic rings. The summed E-state index contributed by atoms with van der Waals surface area (Å²) >= 11 is 0. The number of rotatable bonds is 13. The Morgan fingerprint density at radius 2 is 1.22 bits per heavy atom. The number of hydrogen-bond donors (Lipinski definition) is 4. The van der Waals surface area contributed by atoms with Crippen LogP contribution in [0.15, 0.2) is 0 Å². The summed E-state index contributed by atoms with van der Waals surface area (Å²) in [6, 6.07) is 0. The van der Waals surface area contributed by atoms with E-state index >= 15 is 0 Å². The monoisotopic (exact) mass is 364 g/mol. The van der Waals surface area contributed by atoms with Crippen molar-refractivity contribution < 1.29 is 57.3 Å². The topological polar surface area (TPSA) is 115 Å². The second-order valence-electron chi connectivity index (χ2n) is 5.40. The van der Waals surface area contributed by atoms with E-state index in [4.69, 9.17) is 27.7 Å². The van der Waals surface area contributed by atoms with Crippen molar-refractivity contribution in [3.05, 3.63) is 6.42 Å². The maximum absolute atomic E-state index is 9.10. The first kappa shape index (κ1) is 28.6. The summed E-state index contributed by atoms with van der Waals surface area (Å²) < 4.78 is 31.6. The van der Waals surface area contributed by atoms with Gasteiger partial charge in [0.05, 0.1) is 0 Å². The molecule has 0 saturated heterocycles. The molecule has 0 heterocycles. The first-order valence-electron chi connectivity index (χ1n) is 8.13. The molecule has 23 heavy (non-hydrogen) atoms. The molecule has 6 nitrogen and oxygen atoms in total. The number of hydrogen-bond acceptors (Lipinski definition) is 4. The van der Waals surface area contributed by atoms with Crippen molar-refractivity contribution in [1.29, 1.82) is 0 Å². The maximum atomic E-state index is 9.10. The van der Waals surface area contributed by atoms with Crippen molar-refractivity contribution in [1.82, 2.24) is 0 Å². The second-order valence-corrected chi connectivity index (χ2v) is 6.30. The molecule has 0 aliphatic rings. The second kappa shape index (κ2) is 20.8. The quantitative estimate of drug-likeness (QED) is 0.161. The summed E-state index contributed by atoms with van der Waals surface area (Å²) in [4.78, 5) is 0. The van der Waals surface area contributed by atoms with Gasteiger partial charge >= 0.3 is 40.0 Å². The average molecular weight is 364 g/mol. The molecule has 0 aliphatic heterocycles. The SMILES string of the molecule is CCCCCCCCCCCC[CH-]C(O)CO.O=S(=O)(O)O.[Na+]. The number of aliphatic hydroxyl groups is 2. The molecular weight excluding hydrogens is 331 g/mol. The Labute approximate surface area is 163 Å². The predicted octanol–water partition coefficient (Wildman–Crippen LogP) is 0.206. The zero-order valence-corrected chi connectivity index (χ0v) is 17.5. The molecule has 1 unspecified atom stereocenters. The number of aliphatic hydroxyl groups excluding tert-OH is 2. The van der Waals surface area contributed by atoms with Gasteiger partial charge in [0.15, 0.2) is 0 Å².